The zero-order chi connectivity index (χ0) is 14.3. The summed E-state index contributed by atoms with van der Waals surface area (Å²) in [5, 5.41) is 10.1. The summed E-state index contributed by atoms with van der Waals surface area (Å²) in [7, 11) is 0. The van der Waals surface area contributed by atoms with Crippen LogP contribution < -0.4 is 5.56 Å². The van der Waals surface area contributed by atoms with Crippen LogP contribution in [-0.2, 0) is 0 Å². The fourth-order valence-electron chi connectivity index (χ4n) is 2.10. The minimum Gasteiger partial charge on any atom is -0.477 e. The van der Waals surface area contributed by atoms with E-state index in [1.807, 2.05) is 12.1 Å². The second-order valence-corrected chi connectivity index (χ2v) is 5.24. The highest BCUT2D eigenvalue weighted by Crippen LogP contribution is 2.21. The average molecular weight is 286 g/mol. The molecule has 0 bridgehead atoms. The molecule has 3 aromatic rings. The van der Waals surface area contributed by atoms with Gasteiger partial charge < -0.3 is 5.11 Å². The average Bonchev–Trinajstić information content (AvgIpc) is 2.85. The van der Waals surface area contributed by atoms with E-state index in [9.17, 15) is 9.59 Å². The fraction of sp³-hybridized carbons (Fsp3) is 0.0714. The number of benzene rings is 1. The summed E-state index contributed by atoms with van der Waals surface area (Å²) in [6.07, 6.45) is 3.31. The van der Waals surface area contributed by atoms with Gasteiger partial charge in [-0.1, -0.05) is 0 Å². The maximum Gasteiger partial charge on any atom is 0.341 e. The maximum absolute atomic E-state index is 12.3. The standard InChI is InChI=1S/C14H10N2O3S/c1-8-4-5-16(13(17)12(8)14(18)19)10-2-3-11-9(6-10)7-15-20-11/h2-7H,1H3,(H,18,19). The van der Waals surface area contributed by atoms with Gasteiger partial charge in [0, 0.05) is 23.5 Å². The van der Waals surface area contributed by atoms with E-state index in [1.54, 1.807) is 31.5 Å². The Balaban J connectivity index is 2.26. The molecule has 0 radical (unpaired) electrons. The Morgan fingerprint density at radius 1 is 1.35 bits per heavy atom. The lowest BCUT2D eigenvalue weighted by Crippen LogP contribution is -2.25. The lowest BCUT2D eigenvalue weighted by molar-refractivity contribution is 0.0694. The first kappa shape index (κ1) is 12.6. The van der Waals surface area contributed by atoms with Crippen molar-refractivity contribution in [2.75, 3.05) is 0 Å². The highest BCUT2D eigenvalue weighted by atomic mass is 32.1. The Labute approximate surface area is 117 Å². The number of nitrogens with zero attached hydrogens (tertiary/aromatic N) is 2. The molecular weight excluding hydrogens is 276 g/mol. The number of aromatic carboxylic acids is 1. The number of hydrogen-bond donors (Lipinski definition) is 1. The van der Waals surface area contributed by atoms with E-state index in [0.717, 1.165) is 10.1 Å². The molecule has 0 aliphatic rings. The molecule has 0 atom stereocenters. The van der Waals surface area contributed by atoms with Crippen LogP contribution in [0.4, 0.5) is 0 Å². The van der Waals surface area contributed by atoms with Gasteiger partial charge >= 0.3 is 5.97 Å². The van der Waals surface area contributed by atoms with Crippen molar-refractivity contribution >= 4 is 27.6 Å². The van der Waals surface area contributed by atoms with Crippen LogP contribution in [-0.4, -0.2) is 20.0 Å². The summed E-state index contributed by atoms with van der Waals surface area (Å²) in [5.74, 6) is -1.21. The summed E-state index contributed by atoms with van der Waals surface area (Å²) >= 11 is 1.37. The Bertz CT molecular complexity index is 880. The third-order valence-electron chi connectivity index (χ3n) is 3.13. The fourth-order valence-corrected chi connectivity index (χ4v) is 2.73. The number of aryl methyl sites for hydroxylation is 1. The number of carboxylic acids is 1. The predicted octanol–water partition coefficient (Wildman–Crippen LogP) is 2.45. The predicted molar refractivity (Wildman–Crippen MR) is 76.9 cm³/mol. The van der Waals surface area contributed by atoms with Gasteiger partial charge in [-0.2, -0.15) is 4.37 Å². The van der Waals surface area contributed by atoms with Crippen molar-refractivity contribution in [3.05, 3.63) is 58.1 Å². The lowest BCUT2D eigenvalue weighted by Gasteiger charge is -2.08. The smallest absolute Gasteiger partial charge is 0.341 e. The molecule has 0 unspecified atom stereocenters. The van der Waals surface area contributed by atoms with Gasteiger partial charge in [0.05, 0.1) is 4.70 Å². The van der Waals surface area contributed by atoms with Crippen LogP contribution >= 0.6 is 11.5 Å². The van der Waals surface area contributed by atoms with Gasteiger partial charge in [-0.25, -0.2) is 4.79 Å². The first-order valence-electron chi connectivity index (χ1n) is 5.88. The summed E-state index contributed by atoms with van der Waals surface area (Å²) in [6, 6.07) is 7.10. The van der Waals surface area contributed by atoms with Crippen LogP contribution in [0, 0.1) is 6.92 Å². The molecule has 0 saturated heterocycles. The van der Waals surface area contributed by atoms with Crippen LogP contribution in [0.5, 0.6) is 0 Å². The number of pyridine rings is 1. The van der Waals surface area contributed by atoms with Crippen molar-refractivity contribution in [1.82, 2.24) is 8.94 Å². The number of carbonyl (C=O) groups is 1. The van der Waals surface area contributed by atoms with Gasteiger partial charge in [0.15, 0.2) is 0 Å². The summed E-state index contributed by atoms with van der Waals surface area (Å²) in [5.41, 5.74) is 0.360. The monoisotopic (exact) mass is 286 g/mol. The van der Waals surface area contributed by atoms with Crippen molar-refractivity contribution in [1.29, 1.82) is 0 Å². The van der Waals surface area contributed by atoms with E-state index in [1.165, 1.54) is 16.1 Å². The molecule has 2 aromatic heterocycles. The number of fused-ring (bicyclic) bond motifs is 1. The third-order valence-corrected chi connectivity index (χ3v) is 3.91. The largest absolute Gasteiger partial charge is 0.477 e. The number of carboxylic acid groups (broad SMARTS) is 1. The van der Waals surface area contributed by atoms with E-state index < -0.39 is 11.5 Å². The molecule has 20 heavy (non-hydrogen) atoms. The summed E-state index contributed by atoms with van der Waals surface area (Å²) in [4.78, 5) is 23.5. The van der Waals surface area contributed by atoms with E-state index in [2.05, 4.69) is 4.37 Å². The van der Waals surface area contributed by atoms with Crippen molar-refractivity contribution in [2.24, 2.45) is 0 Å². The molecule has 1 aromatic carbocycles. The van der Waals surface area contributed by atoms with E-state index in [-0.39, 0.29) is 5.56 Å². The Kier molecular flexibility index (Phi) is 2.87. The van der Waals surface area contributed by atoms with Crippen LogP contribution in [0.2, 0.25) is 0 Å². The minimum absolute atomic E-state index is 0.198. The van der Waals surface area contributed by atoms with Gasteiger partial charge in [-0.05, 0) is 48.3 Å². The Morgan fingerprint density at radius 3 is 2.90 bits per heavy atom. The molecule has 2 heterocycles. The molecular formula is C14H10N2O3S. The van der Waals surface area contributed by atoms with Crippen molar-refractivity contribution in [3.8, 4) is 5.69 Å². The number of rotatable bonds is 2. The molecule has 3 rings (SSSR count). The second-order valence-electron chi connectivity index (χ2n) is 4.40. The Morgan fingerprint density at radius 2 is 2.15 bits per heavy atom. The maximum atomic E-state index is 12.3. The highest BCUT2D eigenvalue weighted by molar-refractivity contribution is 7.13. The summed E-state index contributed by atoms with van der Waals surface area (Å²) in [6.45, 7) is 1.61. The first-order valence-corrected chi connectivity index (χ1v) is 6.65. The van der Waals surface area contributed by atoms with Gasteiger partial charge in [-0.3, -0.25) is 9.36 Å². The number of aromatic nitrogens is 2. The quantitative estimate of drug-likeness (QED) is 0.785. The molecule has 1 N–H and O–H groups in total. The van der Waals surface area contributed by atoms with Gasteiger partial charge in [0.2, 0.25) is 0 Å². The molecule has 5 nitrogen and oxygen atoms in total. The lowest BCUT2D eigenvalue weighted by atomic mass is 10.1. The topological polar surface area (TPSA) is 72.2 Å². The molecule has 0 amide bonds. The Hall–Kier alpha value is -2.47. The molecule has 6 heteroatoms. The van der Waals surface area contributed by atoms with Crippen LogP contribution in [0.15, 0.2) is 41.5 Å². The first-order chi connectivity index (χ1) is 9.58. The van der Waals surface area contributed by atoms with Crippen LogP contribution in [0.3, 0.4) is 0 Å². The van der Waals surface area contributed by atoms with Crippen molar-refractivity contribution in [3.63, 3.8) is 0 Å². The van der Waals surface area contributed by atoms with Gasteiger partial charge in [-0.15, -0.1) is 0 Å². The summed E-state index contributed by atoms with van der Waals surface area (Å²) < 4.78 is 6.44. The molecule has 0 aliphatic heterocycles. The third kappa shape index (κ3) is 1.90. The van der Waals surface area contributed by atoms with E-state index >= 15 is 0 Å². The van der Waals surface area contributed by atoms with Crippen molar-refractivity contribution < 1.29 is 9.90 Å². The normalized spacial score (nSPS) is 10.8. The zero-order valence-corrected chi connectivity index (χ0v) is 11.3. The van der Waals surface area contributed by atoms with Gasteiger partial charge in [0.1, 0.15) is 5.56 Å². The molecule has 100 valence electrons. The van der Waals surface area contributed by atoms with Crippen molar-refractivity contribution in [2.45, 2.75) is 6.92 Å². The zero-order valence-electron chi connectivity index (χ0n) is 10.5. The van der Waals surface area contributed by atoms with E-state index in [4.69, 9.17) is 5.11 Å². The molecule has 0 aliphatic carbocycles. The van der Waals surface area contributed by atoms with E-state index in [0.29, 0.717) is 11.3 Å². The number of hydrogen-bond acceptors (Lipinski definition) is 4. The minimum atomic E-state index is -1.21. The molecule has 0 spiro atoms. The van der Waals surface area contributed by atoms with Crippen LogP contribution in [0.25, 0.3) is 15.8 Å². The second kappa shape index (κ2) is 4.57. The van der Waals surface area contributed by atoms with Gasteiger partial charge in [0.25, 0.3) is 5.56 Å². The SMILES string of the molecule is Cc1ccn(-c2ccc3sncc3c2)c(=O)c1C(=O)O. The molecule has 0 fully saturated rings. The molecule has 0 saturated carbocycles. The van der Waals surface area contributed by atoms with Crippen LogP contribution in [0.1, 0.15) is 15.9 Å². The highest BCUT2D eigenvalue weighted by Gasteiger charge is 2.15.